The van der Waals surface area contributed by atoms with Crippen LogP contribution in [-0.2, 0) is 6.18 Å². The molecule has 0 saturated heterocycles. The van der Waals surface area contributed by atoms with Crippen LogP contribution in [0.1, 0.15) is 12.0 Å². The molecule has 1 aliphatic rings. The fraction of sp³-hybridized carbons (Fsp3) is 0.500. The predicted molar refractivity (Wildman–Crippen MR) is 83.1 cm³/mol. The number of nitrogens with one attached hydrogen (secondary N) is 2. The van der Waals surface area contributed by atoms with Crippen molar-refractivity contribution in [1.82, 2.24) is 15.6 Å². The van der Waals surface area contributed by atoms with Gasteiger partial charge in [-0.3, -0.25) is 4.99 Å². The Labute approximate surface area is 137 Å². The molecule has 2 rings (SSSR count). The van der Waals surface area contributed by atoms with Crippen molar-refractivity contribution in [3.05, 3.63) is 23.9 Å². The van der Waals surface area contributed by atoms with Gasteiger partial charge in [-0.05, 0) is 12.5 Å². The molecule has 1 aromatic rings. The maximum atomic E-state index is 12.3. The molecular weight excluding hydrogens is 400 g/mol. The van der Waals surface area contributed by atoms with Crippen molar-refractivity contribution in [1.29, 1.82) is 0 Å². The SMILES string of the molecule is FC(F)(F)c1ccc(OCCNC2=NCCCN2)nc1.I. The first-order valence-corrected chi connectivity index (χ1v) is 6.24. The van der Waals surface area contributed by atoms with Crippen molar-refractivity contribution in [2.45, 2.75) is 12.6 Å². The third-order valence-electron chi connectivity index (χ3n) is 2.61. The van der Waals surface area contributed by atoms with Crippen LogP contribution in [0.4, 0.5) is 13.2 Å². The van der Waals surface area contributed by atoms with Crippen molar-refractivity contribution < 1.29 is 17.9 Å². The lowest BCUT2D eigenvalue weighted by atomic mass is 10.3. The molecule has 118 valence electrons. The minimum Gasteiger partial charge on any atom is -0.476 e. The third kappa shape index (κ3) is 5.94. The average Bonchev–Trinajstić information content (AvgIpc) is 2.44. The second-order valence-corrected chi connectivity index (χ2v) is 4.17. The molecule has 0 bridgehead atoms. The summed E-state index contributed by atoms with van der Waals surface area (Å²) < 4.78 is 42.2. The number of rotatable bonds is 4. The zero-order chi connectivity index (χ0) is 14.4. The first-order valence-electron chi connectivity index (χ1n) is 6.24. The Balaban J connectivity index is 0.00000220. The second-order valence-electron chi connectivity index (χ2n) is 4.17. The van der Waals surface area contributed by atoms with Crippen molar-refractivity contribution >= 4 is 29.9 Å². The van der Waals surface area contributed by atoms with Gasteiger partial charge < -0.3 is 15.4 Å². The molecule has 0 amide bonds. The zero-order valence-electron chi connectivity index (χ0n) is 11.1. The molecule has 2 N–H and O–H groups in total. The molecule has 0 aromatic carbocycles. The second kappa shape index (κ2) is 8.25. The van der Waals surface area contributed by atoms with E-state index in [1.807, 2.05) is 0 Å². The van der Waals surface area contributed by atoms with Crippen LogP contribution < -0.4 is 15.4 Å². The summed E-state index contributed by atoms with van der Waals surface area (Å²) >= 11 is 0. The minimum absolute atomic E-state index is 0. The number of halogens is 4. The summed E-state index contributed by atoms with van der Waals surface area (Å²) in [6.07, 6.45) is -2.61. The summed E-state index contributed by atoms with van der Waals surface area (Å²) in [5.41, 5.74) is -0.788. The van der Waals surface area contributed by atoms with Crippen LogP contribution in [0.5, 0.6) is 5.88 Å². The highest BCUT2D eigenvalue weighted by atomic mass is 127. The number of hydrogen-bond acceptors (Lipinski definition) is 5. The smallest absolute Gasteiger partial charge is 0.417 e. The van der Waals surface area contributed by atoms with Crippen LogP contribution in [-0.4, -0.2) is 37.2 Å². The Morgan fingerprint density at radius 1 is 1.33 bits per heavy atom. The summed E-state index contributed by atoms with van der Waals surface area (Å²) in [6, 6.07) is 2.15. The maximum Gasteiger partial charge on any atom is 0.417 e. The van der Waals surface area contributed by atoms with E-state index in [0.29, 0.717) is 13.2 Å². The van der Waals surface area contributed by atoms with Crippen molar-refractivity contribution in [3.63, 3.8) is 0 Å². The van der Waals surface area contributed by atoms with Gasteiger partial charge in [-0.1, -0.05) is 0 Å². The zero-order valence-corrected chi connectivity index (χ0v) is 13.4. The van der Waals surface area contributed by atoms with E-state index in [4.69, 9.17) is 4.74 Å². The van der Waals surface area contributed by atoms with Gasteiger partial charge in [-0.2, -0.15) is 13.2 Å². The van der Waals surface area contributed by atoms with E-state index in [0.717, 1.165) is 37.7 Å². The van der Waals surface area contributed by atoms with E-state index in [9.17, 15) is 13.2 Å². The topological polar surface area (TPSA) is 58.5 Å². The first-order chi connectivity index (χ1) is 9.55. The number of alkyl halides is 3. The Bertz CT molecular complexity index is 465. The number of hydrogen-bond donors (Lipinski definition) is 2. The van der Waals surface area contributed by atoms with Crippen LogP contribution in [0, 0.1) is 0 Å². The third-order valence-corrected chi connectivity index (χ3v) is 2.61. The highest BCUT2D eigenvalue weighted by molar-refractivity contribution is 14.0. The fourth-order valence-corrected chi connectivity index (χ4v) is 1.61. The number of nitrogens with zero attached hydrogens (tertiary/aromatic N) is 2. The largest absolute Gasteiger partial charge is 0.476 e. The lowest BCUT2D eigenvalue weighted by Gasteiger charge is -2.16. The van der Waals surface area contributed by atoms with E-state index >= 15 is 0 Å². The van der Waals surface area contributed by atoms with Gasteiger partial charge in [0.25, 0.3) is 0 Å². The van der Waals surface area contributed by atoms with E-state index in [-0.39, 0.29) is 29.9 Å². The molecule has 0 saturated carbocycles. The number of ether oxygens (including phenoxy) is 1. The van der Waals surface area contributed by atoms with Crippen LogP contribution in [0.25, 0.3) is 0 Å². The Morgan fingerprint density at radius 3 is 2.71 bits per heavy atom. The lowest BCUT2D eigenvalue weighted by Crippen LogP contribution is -2.42. The average molecular weight is 416 g/mol. The van der Waals surface area contributed by atoms with Crippen LogP contribution in [0.2, 0.25) is 0 Å². The normalized spacial score (nSPS) is 14.5. The molecule has 0 atom stereocenters. The molecule has 5 nitrogen and oxygen atoms in total. The molecule has 21 heavy (non-hydrogen) atoms. The maximum absolute atomic E-state index is 12.3. The number of aliphatic imine (C=N–C) groups is 1. The van der Waals surface area contributed by atoms with Gasteiger partial charge in [0.2, 0.25) is 5.88 Å². The van der Waals surface area contributed by atoms with Gasteiger partial charge in [-0.15, -0.1) is 24.0 Å². The van der Waals surface area contributed by atoms with Crippen LogP contribution in [0.3, 0.4) is 0 Å². The molecule has 0 spiro atoms. The first kappa shape index (κ1) is 17.8. The van der Waals surface area contributed by atoms with Crippen molar-refractivity contribution in [3.8, 4) is 5.88 Å². The number of aromatic nitrogens is 1. The molecule has 0 radical (unpaired) electrons. The van der Waals surface area contributed by atoms with E-state index in [1.165, 1.54) is 6.07 Å². The highest BCUT2D eigenvalue weighted by Crippen LogP contribution is 2.29. The van der Waals surface area contributed by atoms with Gasteiger partial charge >= 0.3 is 6.18 Å². The molecule has 0 fully saturated rings. The molecular formula is C12H16F3IN4O. The van der Waals surface area contributed by atoms with Crippen molar-refractivity contribution in [2.75, 3.05) is 26.2 Å². The summed E-state index contributed by atoms with van der Waals surface area (Å²) in [5.74, 6) is 0.888. The molecule has 0 aliphatic carbocycles. The van der Waals surface area contributed by atoms with Gasteiger partial charge in [-0.25, -0.2) is 4.98 Å². The van der Waals surface area contributed by atoms with Gasteiger partial charge in [0.05, 0.1) is 12.1 Å². The van der Waals surface area contributed by atoms with E-state index < -0.39 is 11.7 Å². The Morgan fingerprint density at radius 2 is 2.14 bits per heavy atom. The molecule has 0 unspecified atom stereocenters. The molecule has 1 aliphatic heterocycles. The summed E-state index contributed by atoms with van der Waals surface area (Å²) in [5, 5.41) is 6.12. The van der Waals surface area contributed by atoms with Crippen LogP contribution in [0.15, 0.2) is 23.3 Å². The fourth-order valence-electron chi connectivity index (χ4n) is 1.61. The van der Waals surface area contributed by atoms with Gasteiger partial charge in [0.1, 0.15) is 6.61 Å². The van der Waals surface area contributed by atoms with E-state index in [2.05, 4.69) is 20.6 Å². The highest BCUT2D eigenvalue weighted by Gasteiger charge is 2.30. The number of guanidine groups is 1. The summed E-state index contributed by atoms with van der Waals surface area (Å²) in [7, 11) is 0. The van der Waals surface area contributed by atoms with Gasteiger partial charge in [0, 0.05) is 25.4 Å². The van der Waals surface area contributed by atoms with E-state index in [1.54, 1.807) is 0 Å². The standard InChI is InChI=1S/C12H15F3N4O.HI/c13-12(14,15)9-2-3-10(19-8-9)20-7-6-18-11-16-4-1-5-17-11;/h2-3,8H,1,4-7H2,(H2,16,17,18);1H. The summed E-state index contributed by atoms with van der Waals surface area (Å²) in [6.45, 7) is 2.46. The van der Waals surface area contributed by atoms with Gasteiger partial charge in [0.15, 0.2) is 5.96 Å². The van der Waals surface area contributed by atoms with Crippen LogP contribution >= 0.6 is 24.0 Å². The Kier molecular flexibility index (Phi) is 6.99. The monoisotopic (exact) mass is 416 g/mol. The lowest BCUT2D eigenvalue weighted by molar-refractivity contribution is -0.137. The minimum atomic E-state index is -4.38. The summed E-state index contributed by atoms with van der Waals surface area (Å²) in [4.78, 5) is 7.82. The quantitative estimate of drug-likeness (QED) is 0.583. The molecule has 9 heteroatoms. The predicted octanol–water partition coefficient (Wildman–Crippen LogP) is 2.04. The molecule has 1 aromatic heterocycles. The number of pyridine rings is 1. The van der Waals surface area contributed by atoms with Crippen molar-refractivity contribution in [2.24, 2.45) is 4.99 Å². The Hall–Kier alpha value is -1.26. The molecule has 2 heterocycles.